The summed E-state index contributed by atoms with van der Waals surface area (Å²) in [5, 5.41) is 3.22. The highest BCUT2D eigenvalue weighted by Gasteiger charge is 2.10. The minimum absolute atomic E-state index is 0.715. The maximum Gasteiger partial charge on any atom is 0.193 e. The van der Waals surface area contributed by atoms with Gasteiger partial charge in [-0.15, -0.1) is 0 Å². The number of hydrogen-bond acceptors (Lipinski definition) is 3. The Hall–Kier alpha value is -1.91. The van der Waals surface area contributed by atoms with Crippen molar-refractivity contribution in [2.24, 2.45) is 4.99 Å². The molecule has 0 radical (unpaired) electrons. The van der Waals surface area contributed by atoms with Crippen LogP contribution in [0, 0.1) is 0 Å². The number of guanidine groups is 1. The van der Waals surface area contributed by atoms with Crippen molar-refractivity contribution in [2.45, 2.75) is 13.5 Å². The summed E-state index contributed by atoms with van der Waals surface area (Å²) in [5.41, 5.74) is 1.09. The van der Waals surface area contributed by atoms with Gasteiger partial charge >= 0.3 is 0 Å². The van der Waals surface area contributed by atoms with Crippen LogP contribution >= 0.6 is 0 Å². The van der Waals surface area contributed by atoms with Gasteiger partial charge in [-0.1, -0.05) is 0 Å². The SMILES string of the molecule is CCNC(=NC)N(C)Cc1ccc(OC)cc1OC. The number of rotatable bonds is 5. The van der Waals surface area contributed by atoms with Crippen LogP contribution in [0.15, 0.2) is 23.2 Å². The molecule has 0 aliphatic heterocycles. The summed E-state index contributed by atoms with van der Waals surface area (Å²) in [6, 6.07) is 5.83. The fourth-order valence-electron chi connectivity index (χ4n) is 1.86. The first-order valence-electron chi connectivity index (χ1n) is 6.28. The zero-order valence-electron chi connectivity index (χ0n) is 12.4. The van der Waals surface area contributed by atoms with Crippen LogP contribution in [0.25, 0.3) is 0 Å². The van der Waals surface area contributed by atoms with Crippen LogP contribution in [0.3, 0.4) is 0 Å². The van der Waals surface area contributed by atoms with Crippen LogP contribution in [0.4, 0.5) is 0 Å². The van der Waals surface area contributed by atoms with Crippen molar-refractivity contribution in [3.63, 3.8) is 0 Å². The van der Waals surface area contributed by atoms with Gasteiger partial charge in [-0.25, -0.2) is 0 Å². The van der Waals surface area contributed by atoms with E-state index in [4.69, 9.17) is 9.47 Å². The number of methoxy groups -OCH3 is 2. The van der Waals surface area contributed by atoms with Gasteiger partial charge in [-0.05, 0) is 19.1 Å². The van der Waals surface area contributed by atoms with Gasteiger partial charge in [0, 0.05) is 38.8 Å². The van der Waals surface area contributed by atoms with E-state index in [9.17, 15) is 0 Å². The molecule has 0 fully saturated rings. The average Bonchev–Trinajstić information content (AvgIpc) is 2.44. The first kappa shape index (κ1) is 15.1. The maximum atomic E-state index is 5.40. The standard InChI is InChI=1S/C14H23N3O2/c1-6-16-14(15-2)17(3)10-11-7-8-12(18-4)9-13(11)19-5/h7-9H,6,10H2,1-5H3,(H,15,16). The number of hydrogen-bond donors (Lipinski definition) is 1. The highest BCUT2D eigenvalue weighted by atomic mass is 16.5. The van der Waals surface area contributed by atoms with Gasteiger partial charge in [0.1, 0.15) is 11.5 Å². The van der Waals surface area contributed by atoms with Crippen LogP contribution in [0.2, 0.25) is 0 Å². The molecule has 0 unspecified atom stereocenters. The van der Waals surface area contributed by atoms with E-state index in [1.807, 2.05) is 37.1 Å². The van der Waals surface area contributed by atoms with Crippen LogP contribution < -0.4 is 14.8 Å². The van der Waals surface area contributed by atoms with Crippen molar-refractivity contribution in [1.29, 1.82) is 0 Å². The average molecular weight is 265 g/mol. The van der Waals surface area contributed by atoms with Gasteiger partial charge in [-0.3, -0.25) is 4.99 Å². The molecule has 106 valence electrons. The molecule has 5 nitrogen and oxygen atoms in total. The van der Waals surface area contributed by atoms with E-state index in [2.05, 4.69) is 10.3 Å². The first-order chi connectivity index (χ1) is 9.15. The van der Waals surface area contributed by atoms with Crippen molar-refractivity contribution >= 4 is 5.96 Å². The van der Waals surface area contributed by atoms with Crippen molar-refractivity contribution in [3.05, 3.63) is 23.8 Å². The largest absolute Gasteiger partial charge is 0.497 e. The molecule has 1 rings (SSSR count). The number of aliphatic imine (C=N–C) groups is 1. The Bertz CT molecular complexity index is 433. The van der Waals surface area contributed by atoms with E-state index < -0.39 is 0 Å². The highest BCUT2D eigenvalue weighted by molar-refractivity contribution is 5.79. The number of ether oxygens (including phenoxy) is 2. The molecule has 1 N–H and O–H groups in total. The number of nitrogens with one attached hydrogen (secondary N) is 1. The molecule has 0 aliphatic carbocycles. The Morgan fingerprint density at radius 1 is 1.32 bits per heavy atom. The number of benzene rings is 1. The fourth-order valence-corrected chi connectivity index (χ4v) is 1.86. The third kappa shape index (κ3) is 4.05. The molecule has 19 heavy (non-hydrogen) atoms. The number of nitrogens with zero attached hydrogens (tertiary/aromatic N) is 2. The summed E-state index contributed by atoms with van der Waals surface area (Å²) in [5.74, 6) is 2.47. The Labute approximate surface area is 115 Å². The molecule has 0 saturated heterocycles. The maximum absolute atomic E-state index is 5.40. The predicted molar refractivity (Wildman–Crippen MR) is 78.0 cm³/mol. The van der Waals surface area contributed by atoms with Crippen LogP contribution in [0.1, 0.15) is 12.5 Å². The van der Waals surface area contributed by atoms with Gasteiger partial charge in [0.25, 0.3) is 0 Å². The van der Waals surface area contributed by atoms with E-state index in [1.54, 1.807) is 21.3 Å². The summed E-state index contributed by atoms with van der Waals surface area (Å²) in [6.45, 7) is 3.61. The van der Waals surface area contributed by atoms with Crippen molar-refractivity contribution < 1.29 is 9.47 Å². The van der Waals surface area contributed by atoms with Crippen LogP contribution in [-0.4, -0.2) is 45.7 Å². The second kappa shape index (κ2) is 7.51. The van der Waals surface area contributed by atoms with E-state index in [0.29, 0.717) is 6.54 Å². The van der Waals surface area contributed by atoms with E-state index in [1.165, 1.54) is 0 Å². The summed E-state index contributed by atoms with van der Waals surface area (Å²) in [7, 11) is 7.08. The summed E-state index contributed by atoms with van der Waals surface area (Å²) in [4.78, 5) is 6.28. The molecule has 1 aromatic carbocycles. The lowest BCUT2D eigenvalue weighted by Crippen LogP contribution is -2.38. The third-order valence-corrected chi connectivity index (χ3v) is 2.81. The molecule has 5 heteroatoms. The molecule has 0 amide bonds. The van der Waals surface area contributed by atoms with Gasteiger partial charge in [0.2, 0.25) is 0 Å². The molecule has 0 saturated carbocycles. The monoisotopic (exact) mass is 265 g/mol. The Morgan fingerprint density at radius 2 is 2.05 bits per heavy atom. The molecule has 0 aliphatic rings. The van der Waals surface area contributed by atoms with Gasteiger partial charge in [0.05, 0.1) is 14.2 Å². The first-order valence-corrected chi connectivity index (χ1v) is 6.28. The second-order valence-electron chi connectivity index (χ2n) is 4.11. The van der Waals surface area contributed by atoms with Crippen LogP contribution in [-0.2, 0) is 6.54 Å². The topological polar surface area (TPSA) is 46.1 Å². The molecule has 0 heterocycles. The van der Waals surface area contributed by atoms with Crippen LogP contribution in [0.5, 0.6) is 11.5 Å². The molecular formula is C14H23N3O2. The molecule has 0 spiro atoms. The second-order valence-corrected chi connectivity index (χ2v) is 4.11. The Kier molecular flexibility index (Phi) is 5.99. The van der Waals surface area contributed by atoms with Crippen molar-refractivity contribution in [3.8, 4) is 11.5 Å². The van der Waals surface area contributed by atoms with E-state index in [0.717, 1.165) is 29.6 Å². The van der Waals surface area contributed by atoms with Gasteiger partial charge < -0.3 is 19.7 Å². The third-order valence-electron chi connectivity index (χ3n) is 2.81. The van der Waals surface area contributed by atoms with Gasteiger partial charge in [-0.2, -0.15) is 0 Å². The Morgan fingerprint density at radius 3 is 2.58 bits per heavy atom. The zero-order valence-corrected chi connectivity index (χ0v) is 12.4. The van der Waals surface area contributed by atoms with E-state index in [-0.39, 0.29) is 0 Å². The smallest absolute Gasteiger partial charge is 0.193 e. The molecule has 0 bridgehead atoms. The lowest BCUT2D eigenvalue weighted by atomic mass is 10.2. The van der Waals surface area contributed by atoms with Gasteiger partial charge in [0.15, 0.2) is 5.96 Å². The molecule has 0 aromatic heterocycles. The normalized spacial score (nSPS) is 11.1. The summed E-state index contributed by atoms with van der Waals surface area (Å²) < 4.78 is 10.6. The predicted octanol–water partition coefficient (Wildman–Crippen LogP) is 1.73. The molecular weight excluding hydrogens is 242 g/mol. The Balaban J connectivity index is 2.86. The summed E-state index contributed by atoms with van der Waals surface area (Å²) >= 11 is 0. The van der Waals surface area contributed by atoms with Crippen molar-refractivity contribution in [2.75, 3.05) is 34.9 Å². The lowest BCUT2D eigenvalue weighted by Gasteiger charge is -2.22. The quantitative estimate of drug-likeness (QED) is 0.650. The lowest BCUT2D eigenvalue weighted by molar-refractivity contribution is 0.382. The molecule has 1 aromatic rings. The highest BCUT2D eigenvalue weighted by Crippen LogP contribution is 2.25. The minimum Gasteiger partial charge on any atom is -0.497 e. The van der Waals surface area contributed by atoms with E-state index >= 15 is 0 Å². The fraction of sp³-hybridized carbons (Fsp3) is 0.500. The minimum atomic E-state index is 0.715. The zero-order chi connectivity index (χ0) is 14.3. The van der Waals surface area contributed by atoms with Crippen molar-refractivity contribution in [1.82, 2.24) is 10.2 Å². The summed E-state index contributed by atoms with van der Waals surface area (Å²) in [6.07, 6.45) is 0. The molecule has 0 atom stereocenters.